The first-order valence-electron chi connectivity index (χ1n) is 6.00. The maximum atomic E-state index is 11.8. The number of hydrogen-bond donors (Lipinski definition) is 0. The van der Waals surface area contributed by atoms with Gasteiger partial charge in [-0.1, -0.05) is 0 Å². The fraction of sp³-hybridized carbons (Fsp3) is 0.545. The van der Waals surface area contributed by atoms with Gasteiger partial charge in [-0.3, -0.25) is 24.4 Å². The molecule has 0 aliphatic rings. The molecule has 0 spiro atoms. The second-order valence-electron chi connectivity index (χ2n) is 4.02. The van der Waals surface area contributed by atoms with Crippen molar-refractivity contribution in [2.45, 2.75) is 19.9 Å². The Hall–Kier alpha value is -2.45. The second kappa shape index (κ2) is 7.22. The van der Waals surface area contributed by atoms with E-state index in [1.807, 2.05) is 0 Å². The molecule has 1 aromatic heterocycles. The minimum atomic E-state index is -0.585. The fourth-order valence-electron chi connectivity index (χ4n) is 1.41. The van der Waals surface area contributed by atoms with E-state index in [4.69, 9.17) is 4.74 Å². The highest BCUT2D eigenvalue weighted by atomic mass is 16.6. The van der Waals surface area contributed by atoms with Crippen LogP contribution in [0.15, 0.2) is 12.4 Å². The fourth-order valence-corrected chi connectivity index (χ4v) is 1.41. The van der Waals surface area contributed by atoms with Gasteiger partial charge in [0.25, 0.3) is 0 Å². The van der Waals surface area contributed by atoms with E-state index in [-0.39, 0.29) is 37.1 Å². The van der Waals surface area contributed by atoms with Crippen molar-refractivity contribution in [3.05, 3.63) is 22.5 Å². The first-order valence-corrected chi connectivity index (χ1v) is 6.00. The predicted molar refractivity (Wildman–Crippen MR) is 67.8 cm³/mol. The van der Waals surface area contributed by atoms with Gasteiger partial charge in [-0.15, -0.1) is 0 Å². The van der Waals surface area contributed by atoms with Crippen molar-refractivity contribution in [3.63, 3.8) is 0 Å². The van der Waals surface area contributed by atoms with Crippen LogP contribution in [0.4, 0.5) is 5.69 Å². The Balaban J connectivity index is 2.44. The highest BCUT2D eigenvalue weighted by Crippen LogP contribution is 2.07. The van der Waals surface area contributed by atoms with Crippen molar-refractivity contribution >= 4 is 17.6 Å². The van der Waals surface area contributed by atoms with E-state index in [1.165, 1.54) is 15.8 Å². The molecule has 0 atom stereocenters. The number of hydrogen-bond acceptors (Lipinski definition) is 6. The molecule has 1 aromatic rings. The van der Waals surface area contributed by atoms with Gasteiger partial charge in [0.05, 0.1) is 18.0 Å². The second-order valence-corrected chi connectivity index (χ2v) is 4.02. The van der Waals surface area contributed by atoms with Gasteiger partial charge in [-0.2, -0.15) is 5.10 Å². The van der Waals surface area contributed by atoms with E-state index in [0.717, 1.165) is 6.20 Å². The number of nitrogens with zero attached hydrogens (tertiary/aromatic N) is 4. The summed E-state index contributed by atoms with van der Waals surface area (Å²) in [5, 5.41) is 14.2. The summed E-state index contributed by atoms with van der Waals surface area (Å²) in [6.07, 6.45) is 2.36. The molecule has 9 nitrogen and oxygen atoms in total. The van der Waals surface area contributed by atoms with Crippen LogP contribution < -0.4 is 0 Å². The summed E-state index contributed by atoms with van der Waals surface area (Å²) in [4.78, 5) is 34.2. The van der Waals surface area contributed by atoms with E-state index in [1.54, 1.807) is 14.0 Å². The summed E-state index contributed by atoms with van der Waals surface area (Å²) in [6, 6.07) is 0. The number of likely N-dealkylation sites (N-methyl/N-ethyl adjacent to an activating group) is 1. The molecular weight excluding hydrogens is 268 g/mol. The maximum Gasteiger partial charge on any atom is 0.307 e. The number of carbonyl (C=O) groups is 2. The molecule has 0 saturated carbocycles. The third-order valence-electron chi connectivity index (χ3n) is 2.51. The van der Waals surface area contributed by atoms with Crippen LogP contribution in [0.5, 0.6) is 0 Å². The average molecular weight is 284 g/mol. The summed E-state index contributed by atoms with van der Waals surface area (Å²) in [5.41, 5.74) is -0.174. The van der Waals surface area contributed by atoms with Gasteiger partial charge >= 0.3 is 11.7 Å². The smallest absolute Gasteiger partial charge is 0.307 e. The van der Waals surface area contributed by atoms with Crippen LogP contribution in [-0.4, -0.2) is 51.7 Å². The van der Waals surface area contributed by atoms with Gasteiger partial charge in [0.2, 0.25) is 5.91 Å². The molecule has 0 aliphatic heterocycles. The molecule has 0 bridgehead atoms. The summed E-state index contributed by atoms with van der Waals surface area (Å²) >= 11 is 0. The van der Waals surface area contributed by atoms with Crippen LogP contribution in [0.3, 0.4) is 0 Å². The van der Waals surface area contributed by atoms with Crippen molar-refractivity contribution in [3.8, 4) is 0 Å². The highest BCUT2D eigenvalue weighted by molar-refractivity contribution is 5.76. The van der Waals surface area contributed by atoms with Gasteiger partial charge in [0, 0.05) is 13.6 Å². The molecule has 0 fully saturated rings. The standard InChI is InChI=1S/C11H16N4O5/c1-3-20-11(17)4-5-13(2)10(16)8-14-7-9(6-12-14)15(18)19/h6-7H,3-5,8H2,1-2H3. The van der Waals surface area contributed by atoms with E-state index >= 15 is 0 Å². The zero-order valence-corrected chi connectivity index (χ0v) is 11.3. The molecule has 110 valence electrons. The third-order valence-corrected chi connectivity index (χ3v) is 2.51. The van der Waals surface area contributed by atoms with Crippen LogP contribution in [0, 0.1) is 10.1 Å². The molecule has 20 heavy (non-hydrogen) atoms. The van der Waals surface area contributed by atoms with Crippen LogP contribution >= 0.6 is 0 Å². The Labute approximate surface area is 115 Å². The van der Waals surface area contributed by atoms with Crippen molar-refractivity contribution in [2.24, 2.45) is 0 Å². The summed E-state index contributed by atoms with van der Waals surface area (Å²) in [6.45, 7) is 2.11. The minimum absolute atomic E-state index is 0.106. The van der Waals surface area contributed by atoms with Crippen molar-refractivity contribution in [1.29, 1.82) is 0 Å². The van der Waals surface area contributed by atoms with Crippen LogP contribution in [-0.2, 0) is 20.9 Å². The van der Waals surface area contributed by atoms with Crippen molar-refractivity contribution < 1.29 is 19.2 Å². The lowest BCUT2D eigenvalue weighted by atomic mass is 10.4. The Morgan fingerprint density at radius 3 is 2.80 bits per heavy atom. The number of rotatable bonds is 7. The van der Waals surface area contributed by atoms with E-state index in [9.17, 15) is 19.7 Å². The molecule has 9 heteroatoms. The van der Waals surface area contributed by atoms with Crippen LogP contribution in [0.2, 0.25) is 0 Å². The lowest BCUT2D eigenvalue weighted by Gasteiger charge is -2.16. The maximum absolute atomic E-state index is 11.8. The first kappa shape index (κ1) is 15.6. The number of aromatic nitrogens is 2. The third kappa shape index (κ3) is 4.67. The quantitative estimate of drug-likeness (QED) is 0.402. The zero-order valence-electron chi connectivity index (χ0n) is 11.3. The summed E-state index contributed by atoms with van der Waals surface area (Å²) in [7, 11) is 1.54. The predicted octanol–water partition coefficient (Wildman–Crippen LogP) is 0.203. The monoisotopic (exact) mass is 284 g/mol. The Morgan fingerprint density at radius 1 is 1.55 bits per heavy atom. The molecule has 0 aliphatic carbocycles. The van der Waals surface area contributed by atoms with Gasteiger partial charge in [-0.05, 0) is 6.92 Å². The minimum Gasteiger partial charge on any atom is -0.466 e. The number of nitro groups is 1. The Bertz CT molecular complexity index is 499. The molecule has 0 unspecified atom stereocenters. The number of amides is 1. The van der Waals surface area contributed by atoms with E-state index in [0.29, 0.717) is 6.61 Å². The Kier molecular flexibility index (Phi) is 5.63. The van der Waals surface area contributed by atoms with E-state index < -0.39 is 4.92 Å². The van der Waals surface area contributed by atoms with Crippen LogP contribution in [0.25, 0.3) is 0 Å². The Morgan fingerprint density at radius 2 is 2.25 bits per heavy atom. The number of carbonyl (C=O) groups excluding carboxylic acids is 2. The number of esters is 1. The van der Waals surface area contributed by atoms with Gasteiger partial charge < -0.3 is 9.64 Å². The topological polar surface area (TPSA) is 108 Å². The van der Waals surface area contributed by atoms with Gasteiger partial charge in [-0.25, -0.2) is 0 Å². The molecule has 1 rings (SSSR count). The first-order chi connectivity index (χ1) is 9.43. The largest absolute Gasteiger partial charge is 0.466 e. The highest BCUT2D eigenvalue weighted by Gasteiger charge is 2.14. The zero-order chi connectivity index (χ0) is 15.1. The summed E-state index contributed by atoms with van der Waals surface area (Å²) < 4.78 is 5.93. The van der Waals surface area contributed by atoms with Crippen LogP contribution in [0.1, 0.15) is 13.3 Å². The molecule has 0 N–H and O–H groups in total. The molecule has 1 heterocycles. The SMILES string of the molecule is CCOC(=O)CCN(C)C(=O)Cn1cc([N+](=O)[O-])cn1. The molecule has 1 amide bonds. The van der Waals surface area contributed by atoms with Crippen molar-refractivity contribution in [1.82, 2.24) is 14.7 Å². The van der Waals surface area contributed by atoms with Crippen molar-refractivity contribution in [2.75, 3.05) is 20.2 Å². The molecule has 0 aromatic carbocycles. The summed E-state index contributed by atoms with van der Waals surface area (Å²) in [5.74, 6) is -0.672. The number of ether oxygens (including phenoxy) is 1. The lowest BCUT2D eigenvalue weighted by Crippen LogP contribution is -2.32. The normalized spacial score (nSPS) is 10.1. The van der Waals surface area contributed by atoms with Gasteiger partial charge in [0.1, 0.15) is 18.9 Å². The average Bonchev–Trinajstić information content (AvgIpc) is 2.85. The molecular formula is C11H16N4O5. The molecule has 0 saturated heterocycles. The lowest BCUT2D eigenvalue weighted by molar-refractivity contribution is -0.385. The molecule has 0 radical (unpaired) electrons. The van der Waals surface area contributed by atoms with Gasteiger partial charge in [0.15, 0.2) is 0 Å². The van der Waals surface area contributed by atoms with E-state index in [2.05, 4.69) is 5.10 Å².